The second-order valence-corrected chi connectivity index (χ2v) is 8.09. The number of carbonyl (C=O) groups excluding carboxylic acids is 1. The highest BCUT2D eigenvalue weighted by atomic mass is 32.2. The van der Waals surface area contributed by atoms with Crippen LogP contribution in [0, 0.1) is 12.7 Å². The van der Waals surface area contributed by atoms with Crippen LogP contribution in [0.3, 0.4) is 0 Å². The normalized spacial score (nSPS) is 10.8. The molecule has 32 heavy (non-hydrogen) atoms. The van der Waals surface area contributed by atoms with Crippen LogP contribution in [0.25, 0.3) is 5.65 Å². The number of hydrogen-bond donors (Lipinski definition) is 1. The number of ether oxygens (including phenoxy) is 1. The highest BCUT2D eigenvalue weighted by Gasteiger charge is 2.11. The van der Waals surface area contributed by atoms with Gasteiger partial charge in [0.25, 0.3) is 11.5 Å². The van der Waals surface area contributed by atoms with Gasteiger partial charge in [-0.2, -0.15) is 0 Å². The Labute approximate surface area is 188 Å². The molecule has 2 heterocycles. The lowest BCUT2D eigenvalue weighted by atomic mass is 10.3. The van der Waals surface area contributed by atoms with Crippen molar-refractivity contribution in [3.8, 4) is 5.75 Å². The molecule has 0 fully saturated rings. The fraction of sp³-hybridized carbons (Fsp3) is 0.125. The van der Waals surface area contributed by atoms with Crippen molar-refractivity contribution in [2.24, 2.45) is 0 Å². The Morgan fingerprint density at radius 1 is 1.12 bits per heavy atom. The molecule has 0 atom stereocenters. The van der Waals surface area contributed by atoms with Gasteiger partial charge in [0.1, 0.15) is 5.65 Å². The van der Waals surface area contributed by atoms with Crippen LogP contribution in [0.1, 0.15) is 11.3 Å². The molecule has 0 bridgehead atoms. The van der Waals surface area contributed by atoms with Gasteiger partial charge >= 0.3 is 0 Å². The van der Waals surface area contributed by atoms with Gasteiger partial charge in [-0.15, -0.1) is 11.8 Å². The predicted octanol–water partition coefficient (Wildman–Crippen LogP) is 4.45. The first-order valence-electron chi connectivity index (χ1n) is 9.87. The van der Waals surface area contributed by atoms with Crippen molar-refractivity contribution in [1.82, 2.24) is 9.38 Å². The molecule has 0 aliphatic carbocycles. The summed E-state index contributed by atoms with van der Waals surface area (Å²) < 4.78 is 20.4. The van der Waals surface area contributed by atoms with Gasteiger partial charge in [-0.05, 0) is 42.8 Å². The maximum absolute atomic E-state index is 13.6. The standard InChI is InChI=1S/C24H20FN3O3S/c1-16-10-11-22-26-17(12-24(30)28(22)13-16)15-32-21-9-5-3-7-19(21)27-23(29)14-31-20-8-4-2-6-18(20)25/h2-13H,14-15H2,1H3,(H,27,29). The Morgan fingerprint density at radius 3 is 2.75 bits per heavy atom. The Morgan fingerprint density at radius 2 is 1.91 bits per heavy atom. The van der Waals surface area contributed by atoms with E-state index in [9.17, 15) is 14.0 Å². The summed E-state index contributed by atoms with van der Waals surface area (Å²) in [5.74, 6) is -0.448. The Hall–Kier alpha value is -3.65. The first-order chi connectivity index (χ1) is 15.5. The molecule has 0 unspecified atom stereocenters. The second kappa shape index (κ2) is 9.65. The molecule has 0 aliphatic rings. The van der Waals surface area contributed by atoms with Crippen LogP contribution >= 0.6 is 11.8 Å². The largest absolute Gasteiger partial charge is 0.481 e. The van der Waals surface area contributed by atoms with Gasteiger partial charge in [-0.1, -0.05) is 30.3 Å². The molecule has 2 aromatic carbocycles. The SMILES string of the molecule is Cc1ccc2nc(CSc3ccccc3NC(=O)COc3ccccc3F)cc(=O)n2c1. The lowest BCUT2D eigenvalue weighted by Gasteiger charge is -2.12. The van der Waals surface area contributed by atoms with Crippen molar-refractivity contribution in [3.63, 3.8) is 0 Å². The smallest absolute Gasteiger partial charge is 0.262 e. The van der Waals surface area contributed by atoms with Crippen molar-refractivity contribution in [3.05, 3.63) is 100 Å². The summed E-state index contributed by atoms with van der Waals surface area (Å²) in [6, 6.07) is 18.5. The monoisotopic (exact) mass is 449 g/mol. The second-order valence-electron chi connectivity index (χ2n) is 7.07. The Kier molecular flexibility index (Phi) is 6.51. The van der Waals surface area contributed by atoms with Crippen molar-refractivity contribution < 1.29 is 13.9 Å². The number of rotatable bonds is 7. The van der Waals surface area contributed by atoms with Gasteiger partial charge in [0.05, 0.1) is 11.4 Å². The molecule has 6 nitrogen and oxygen atoms in total. The minimum atomic E-state index is -0.523. The number of aryl methyl sites for hydroxylation is 1. The zero-order chi connectivity index (χ0) is 22.5. The minimum Gasteiger partial charge on any atom is -0.481 e. The van der Waals surface area contributed by atoms with Crippen LogP contribution in [0.5, 0.6) is 5.75 Å². The number of pyridine rings is 1. The van der Waals surface area contributed by atoms with Crippen molar-refractivity contribution in [2.75, 3.05) is 11.9 Å². The van der Waals surface area contributed by atoms with Gasteiger partial charge in [-0.25, -0.2) is 9.37 Å². The summed E-state index contributed by atoms with van der Waals surface area (Å²) in [6.45, 7) is 1.60. The number of aromatic nitrogens is 2. The van der Waals surface area contributed by atoms with Gasteiger partial charge in [-0.3, -0.25) is 14.0 Å². The number of halogens is 1. The summed E-state index contributed by atoms with van der Waals surface area (Å²) in [7, 11) is 0. The van der Waals surface area contributed by atoms with E-state index in [1.54, 1.807) is 30.5 Å². The van der Waals surface area contributed by atoms with Gasteiger partial charge < -0.3 is 10.1 Å². The number of carbonyl (C=O) groups is 1. The third kappa shape index (κ3) is 5.15. The van der Waals surface area contributed by atoms with Crippen LogP contribution < -0.4 is 15.6 Å². The maximum Gasteiger partial charge on any atom is 0.262 e. The van der Waals surface area contributed by atoms with E-state index in [1.165, 1.54) is 34.4 Å². The van der Waals surface area contributed by atoms with Crippen LogP contribution in [-0.4, -0.2) is 21.9 Å². The molecular formula is C24H20FN3O3S. The molecule has 0 aliphatic heterocycles. The first kappa shape index (κ1) is 21.6. The van der Waals surface area contributed by atoms with E-state index in [-0.39, 0.29) is 17.9 Å². The zero-order valence-electron chi connectivity index (χ0n) is 17.2. The Balaban J connectivity index is 1.43. The molecule has 162 valence electrons. The maximum atomic E-state index is 13.6. The number of thioether (sulfide) groups is 1. The molecule has 4 aromatic rings. The van der Waals surface area contributed by atoms with E-state index in [4.69, 9.17) is 4.74 Å². The molecule has 0 saturated carbocycles. The number of benzene rings is 2. The summed E-state index contributed by atoms with van der Waals surface area (Å²) in [6.07, 6.45) is 1.76. The topological polar surface area (TPSA) is 72.7 Å². The number of nitrogens with zero attached hydrogens (tertiary/aromatic N) is 2. The van der Waals surface area contributed by atoms with E-state index in [0.717, 1.165) is 10.5 Å². The number of anilines is 1. The van der Waals surface area contributed by atoms with E-state index >= 15 is 0 Å². The fourth-order valence-electron chi connectivity index (χ4n) is 3.07. The first-order valence-corrected chi connectivity index (χ1v) is 10.9. The summed E-state index contributed by atoms with van der Waals surface area (Å²) >= 11 is 1.45. The third-order valence-electron chi connectivity index (χ3n) is 4.59. The third-order valence-corrected chi connectivity index (χ3v) is 5.70. The van der Waals surface area contributed by atoms with E-state index in [0.29, 0.717) is 22.8 Å². The van der Waals surface area contributed by atoms with Crippen LogP contribution in [0.15, 0.2) is 82.6 Å². The lowest BCUT2D eigenvalue weighted by molar-refractivity contribution is -0.118. The fourth-order valence-corrected chi connectivity index (χ4v) is 3.97. The minimum absolute atomic E-state index is 0.0224. The number of para-hydroxylation sites is 2. The quantitative estimate of drug-likeness (QED) is 0.422. The average molecular weight is 450 g/mol. The van der Waals surface area contributed by atoms with Gasteiger partial charge in [0.2, 0.25) is 0 Å². The molecule has 0 spiro atoms. The van der Waals surface area contributed by atoms with E-state index in [2.05, 4.69) is 10.3 Å². The van der Waals surface area contributed by atoms with Crippen LogP contribution in [-0.2, 0) is 10.5 Å². The van der Waals surface area contributed by atoms with Crippen molar-refractivity contribution in [2.45, 2.75) is 17.6 Å². The number of hydrogen-bond acceptors (Lipinski definition) is 5. The molecular weight excluding hydrogens is 429 g/mol. The summed E-state index contributed by atoms with van der Waals surface area (Å²) in [4.78, 5) is 30.1. The lowest BCUT2D eigenvalue weighted by Crippen LogP contribution is -2.20. The van der Waals surface area contributed by atoms with E-state index in [1.807, 2.05) is 31.2 Å². The molecule has 1 amide bonds. The molecule has 8 heteroatoms. The Bertz CT molecular complexity index is 1340. The van der Waals surface area contributed by atoms with E-state index < -0.39 is 11.7 Å². The number of fused-ring (bicyclic) bond motifs is 1. The molecule has 1 N–H and O–H groups in total. The van der Waals surface area contributed by atoms with Gasteiger partial charge in [0.15, 0.2) is 18.2 Å². The zero-order valence-corrected chi connectivity index (χ0v) is 18.1. The molecule has 4 rings (SSSR count). The van der Waals surface area contributed by atoms with Crippen LogP contribution in [0.2, 0.25) is 0 Å². The summed E-state index contributed by atoms with van der Waals surface area (Å²) in [5, 5.41) is 2.79. The van der Waals surface area contributed by atoms with Crippen molar-refractivity contribution in [1.29, 1.82) is 0 Å². The predicted molar refractivity (Wildman–Crippen MR) is 123 cm³/mol. The number of amides is 1. The average Bonchev–Trinajstić information content (AvgIpc) is 2.78. The number of nitrogens with one attached hydrogen (secondary N) is 1. The molecule has 2 aromatic heterocycles. The van der Waals surface area contributed by atoms with Crippen molar-refractivity contribution >= 4 is 29.0 Å². The highest BCUT2D eigenvalue weighted by Crippen LogP contribution is 2.29. The van der Waals surface area contributed by atoms with Gasteiger partial charge in [0, 0.05) is 22.9 Å². The van der Waals surface area contributed by atoms with Crippen LogP contribution in [0.4, 0.5) is 10.1 Å². The summed E-state index contributed by atoms with van der Waals surface area (Å²) in [5.41, 5.74) is 2.68. The highest BCUT2D eigenvalue weighted by molar-refractivity contribution is 7.98. The molecule has 0 radical (unpaired) electrons. The molecule has 0 saturated heterocycles.